The normalized spacial score (nSPS) is 14.9. The molecule has 2 atom stereocenters. The molecule has 1 aromatic heterocycles. The van der Waals surface area contributed by atoms with Crippen molar-refractivity contribution >= 4 is 11.6 Å². The van der Waals surface area contributed by atoms with Gasteiger partial charge in [0.2, 0.25) is 0 Å². The Morgan fingerprint density at radius 2 is 1.77 bits per heavy atom. The second-order valence-corrected chi connectivity index (χ2v) is 7.52. The number of hydrogen-bond acceptors (Lipinski definition) is 4. The molecule has 0 saturated heterocycles. The summed E-state index contributed by atoms with van der Waals surface area (Å²) in [6.45, 7) is 3.35. The van der Waals surface area contributed by atoms with Crippen LogP contribution in [0, 0.1) is 5.92 Å². The molecule has 1 N–H and O–H groups in total. The molecule has 0 radical (unpaired) electrons. The van der Waals surface area contributed by atoms with Crippen LogP contribution in [0.2, 0.25) is 5.02 Å². The Morgan fingerprint density at radius 1 is 1.10 bits per heavy atom. The van der Waals surface area contributed by atoms with E-state index in [1.165, 1.54) is 29.5 Å². The van der Waals surface area contributed by atoms with Gasteiger partial charge in [0.15, 0.2) is 0 Å². The molecule has 1 heterocycles. The molecule has 0 bridgehead atoms. The maximum absolute atomic E-state index is 14.0. The topological polar surface area (TPSA) is 60.2 Å². The number of aromatic nitrogens is 3. The van der Waals surface area contributed by atoms with E-state index in [2.05, 4.69) is 10.1 Å². The third kappa shape index (κ3) is 4.76. The zero-order chi connectivity index (χ0) is 21.9. The largest absolute Gasteiger partial charge is 0.457 e. The Bertz CT molecular complexity index is 978. The number of benzene rings is 2. The fourth-order valence-electron chi connectivity index (χ4n) is 3.24. The van der Waals surface area contributed by atoms with Gasteiger partial charge in [-0.3, -0.25) is 0 Å². The van der Waals surface area contributed by atoms with E-state index in [9.17, 15) is 18.3 Å². The van der Waals surface area contributed by atoms with Gasteiger partial charge in [-0.25, -0.2) is 9.67 Å². The van der Waals surface area contributed by atoms with Crippen LogP contribution in [0.1, 0.15) is 31.4 Å². The highest BCUT2D eigenvalue weighted by molar-refractivity contribution is 6.30. The molecular weight excluding hydrogens is 419 g/mol. The molecule has 0 spiro atoms. The second kappa shape index (κ2) is 8.65. The number of hydrogen-bond donors (Lipinski definition) is 1. The molecule has 0 saturated carbocycles. The SMILES string of the molecule is CCC(C)C(O)(Cn1cncn1)c1ccc(Oc2ccc(Cl)cc2)cc1C(F)(F)F. The van der Waals surface area contributed by atoms with Crippen molar-refractivity contribution in [3.8, 4) is 11.5 Å². The van der Waals surface area contributed by atoms with Crippen LogP contribution in [0.5, 0.6) is 11.5 Å². The zero-order valence-corrected chi connectivity index (χ0v) is 17.2. The van der Waals surface area contributed by atoms with Crippen molar-refractivity contribution in [2.75, 3.05) is 0 Å². The Kier molecular flexibility index (Phi) is 6.38. The lowest BCUT2D eigenvalue weighted by Crippen LogP contribution is -2.40. The van der Waals surface area contributed by atoms with Gasteiger partial charge < -0.3 is 9.84 Å². The fourth-order valence-corrected chi connectivity index (χ4v) is 3.37. The van der Waals surface area contributed by atoms with Gasteiger partial charge >= 0.3 is 6.18 Å². The molecule has 0 fully saturated rings. The van der Waals surface area contributed by atoms with E-state index >= 15 is 0 Å². The number of nitrogens with zero attached hydrogens (tertiary/aromatic N) is 3. The maximum Gasteiger partial charge on any atom is 0.416 e. The van der Waals surface area contributed by atoms with Gasteiger partial charge in [0, 0.05) is 5.02 Å². The van der Waals surface area contributed by atoms with E-state index in [1.807, 2.05) is 6.92 Å². The summed E-state index contributed by atoms with van der Waals surface area (Å²) in [7, 11) is 0. The lowest BCUT2D eigenvalue weighted by atomic mass is 9.78. The van der Waals surface area contributed by atoms with Crippen molar-refractivity contribution in [1.82, 2.24) is 14.8 Å². The summed E-state index contributed by atoms with van der Waals surface area (Å²) in [5.41, 5.74) is -3.01. The monoisotopic (exact) mass is 439 g/mol. The van der Waals surface area contributed by atoms with Crippen LogP contribution in [-0.2, 0) is 18.3 Å². The number of rotatable bonds is 7. The Morgan fingerprint density at radius 3 is 2.33 bits per heavy atom. The molecule has 3 aromatic rings. The zero-order valence-electron chi connectivity index (χ0n) is 16.4. The summed E-state index contributed by atoms with van der Waals surface area (Å²) in [6.07, 6.45) is -1.60. The first kappa shape index (κ1) is 22.1. The summed E-state index contributed by atoms with van der Waals surface area (Å²) in [5.74, 6) is -0.133. The van der Waals surface area contributed by atoms with E-state index in [-0.39, 0.29) is 17.9 Å². The van der Waals surface area contributed by atoms with Crippen molar-refractivity contribution < 1.29 is 23.0 Å². The van der Waals surface area contributed by atoms with Gasteiger partial charge in [-0.15, -0.1) is 0 Å². The fraction of sp³-hybridized carbons (Fsp3) is 0.333. The standard InChI is InChI=1S/C21H21ClF3N3O2/c1-3-14(2)20(29,11-28-13-26-12-27-28)18-9-8-17(10-19(18)21(23,24)25)30-16-6-4-15(22)5-7-16/h4-10,12-14,29H,3,11H2,1-2H3. The lowest BCUT2D eigenvalue weighted by molar-refractivity contribution is -0.142. The minimum absolute atomic E-state index is 0.000606. The highest BCUT2D eigenvalue weighted by Crippen LogP contribution is 2.43. The Hall–Kier alpha value is -2.58. The molecule has 9 heteroatoms. The second-order valence-electron chi connectivity index (χ2n) is 7.09. The van der Waals surface area contributed by atoms with Gasteiger partial charge in [-0.2, -0.15) is 18.3 Å². The van der Waals surface area contributed by atoms with Crippen LogP contribution in [0.25, 0.3) is 0 Å². The molecule has 3 rings (SSSR count). The summed E-state index contributed by atoms with van der Waals surface area (Å²) >= 11 is 5.83. The third-order valence-corrected chi connectivity index (χ3v) is 5.36. The average molecular weight is 440 g/mol. The highest BCUT2D eigenvalue weighted by Gasteiger charge is 2.44. The molecule has 2 aromatic carbocycles. The third-order valence-electron chi connectivity index (χ3n) is 5.11. The molecule has 30 heavy (non-hydrogen) atoms. The number of halogens is 4. The van der Waals surface area contributed by atoms with E-state index in [1.54, 1.807) is 31.2 Å². The van der Waals surface area contributed by atoms with Crippen LogP contribution >= 0.6 is 11.6 Å². The molecule has 160 valence electrons. The summed E-state index contributed by atoms with van der Waals surface area (Å²) < 4.78 is 48.8. The molecule has 0 amide bonds. The Labute approximate surface area is 177 Å². The molecule has 0 aliphatic heterocycles. The van der Waals surface area contributed by atoms with Gasteiger partial charge in [0.25, 0.3) is 0 Å². The van der Waals surface area contributed by atoms with Gasteiger partial charge in [0.05, 0.1) is 12.1 Å². The first-order valence-corrected chi connectivity index (χ1v) is 9.71. The van der Waals surface area contributed by atoms with E-state index in [4.69, 9.17) is 16.3 Å². The minimum atomic E-state index is -4.70. The number of ether oxygens (including phenoxy) is 1. The van der Waals surface area contributed by atoms with Crippen molar-refractivity contribution in [2.24, 2.45) is 5.92 Å². The molecule has 0 aliphatic rings. The summed E-state index contributed by atoms with van der Waals surface area (Å²) in [4.78, 5) is 3.81. The van der Waals surface area contributed by atoms with E-state index in [0.717, 1.165) is 6.07 Å². The number of aliphatic hydroxyl groups is 1. The first-order chi connectivity index (χ1) is 14.1. The predicted octanol–water partition coefficient (Wildman–Crippen LogP) is 5.68. The van der Waals surface area contributed by atoms with Crippen molar-refractivity contribution in [3.05, 3.63) is 71.3 Å². The molecule has 5 nitrogen and oxygen atoms in total. The highest BCUT2D eigenvalue weighted by atomic mass is 35.5. The van der Waals surface area contributed by atoms with E-state index in [0.29, 0.717) is 17.2 Å². The lowest BCUT2D eigenvalue weighted by Gasteiger charge is -2.36. The maximum atomic E-state index is 14.0. The van der Waals surface area contributed by atoms with Gasteiger partial charge in [-0.05, 0) is 47.9 Å². The Balaban J connectivity index is 2.06. The minimum Gasteiger partial charge on any atom is -0.457 e. The van der Waals surface area contributed by atoms with Crippen LogP contribution < -0.4 is 4.74 Å². The van der Waals surface area contributed by atoms with Crippen LogP contribution in [0.3, 0.4) is 0 Å². The molecule has 2 unspecified atom stereocenters. The average Bonchev–Trinajstić information content (AvgIpc) is 3.21. The van der Waals surface area contributed by atoms with Crippen LogP contribution in [-0.4, -0.2) is 19.9 Å². The van der Waals surface area contributed by atoms with Crippen molar-refractivity contribution in [3.63, 3.8) is 0 Å². The van der Waals surface area contributed by atoms with Crippen molar-refractivity contribution in [2.45, 2.75) is 38.6 Å². The van der Waals surface area contributed by atoms with Crippen molar-refractivity contribution in [1.29, 1.82) is 0 Å². The smallest absolute Gasteiger partial charge is 0.416 e. The van der Waals surface area contributed by atoms with E-state index < -0.39 is 23.3 Å². The van der Waals surface area contributed by atoms with Crippen LogP contribution in [0.15, 0.2) is 55.1 Å². The first-order valence-electron chi connectivity index (χ1n) is 9.33. The summed E-state index contributed by atoms with van der Waals surface area (Å²) in [6, 6.07) is 9.85. The van der Waals surface area contributed by atoms with Crippen LogP contribution in [0.4, 0.5) is 13.2 Å². The quantitative estimate of drug-likeness (QED) is 0.514. The number of alkyl halides is 3. The molecular formula is C21H21ClF3N3O2. The van der Waals surface area contributed by atoms with Gasteiger partial charge in [0.1, 0.15) is 29.8 Å². The summed E-state index contributed by atoms with van der Waals surface area (Å²) in [5, 5.41) is 15.9. The predicted molar refractivity (Wildman–Crippen MR) is 106 cm³/mol. The van der Waals surface area contributed by atoms with Gasteiger partial charge in [-0.1, -0.05) is 37.9 Å². The molecule has 0 aliphatic carbocycles.